The van der Waals surface area contributed by atoms with Crippen molar-refractivity contribution in [2.45, 2.75) is 72.8 Å². The molecule has 0 spiro atoms. The summed E-state index contributed by atoms with van der Waals surface area (Å²) in [6.45, 7) is 9.95. The zero-order chi connectivity index (χ0) is 19.3. The quantitative estimate of drug-likeness (QED) is 0.738. The van der Waals surface area contributed by atoms with Gasteiger partial charge in [-0.05, 0) is 66.9 Å². The van der Waals surface area contributed by atoms with Crippen molar-refractivity contribution in [2.75, 3.05) is 0 Å². The Labute approximate surface area is 156 Å². The molecule has 0 aromatic rings. The van der Waals surface area contributed by atoms with Crippen LogP contribution in [-0.2, 0) is 14.3 Å². The van der Waals surface area contributed by atoms with Gasteiger partial charge in [0.1, 0.15) is 6.10 Å². The highest BCUT2D eigenvalue weighted by molar-refractivity contribution is 5.75. The predicted octanol–water partition coefficient (Wildman–Crippen LogP) is 4.75. The first-order chi connectivity index (χ1) is 12.1. The van der Waals surface area contributed by atoms with Crippen LogP contribution in [0.25, 0.3) is 0 Å². The maximum atomic E-state index is 12.1. The second-order valence-corrected chi connectivity index (χ2v) is 9.26. The minimum Gasteiger partial charge on any atom is -0.481 e. The van der Waals surface area contributed by atoms with Crippen molar-refractivity contribution in [3.05, 3.63) is 23.3 Å². The van der Waals surface area contributed by atoms with E-state index in [1.807, 2.05) is 6.92 Å². The molecule has 0 bridgehead atoms. The van der Waals surface area contributed by atoms with Gasteiger partial charge in [-0.25, -0.2) is 0 Å². The van der Waals surface area contributed by atoms with E-state index in [0.717, 1.165) is 32.1 Å². The number of aliphatic carboxylic acids is 1. The Balaban J connectivity index is 2.03. The summed E-state index contributed by atoms with van der Waals surface area (Å²) < 4.78 is 5.69. The van der Waals surface area contributed by atoms with Crippen molar-refractivity contribution >= 4 is 11.9 Å². The molecule has 0 aliphatic heterocycles. The molecular formula is C22H32O4. The number of hydrogen-bond donors (Lipinski definition) is 1. The van der Waals surface area contributed by atoms with E-state index >= 15 is 0 Å². The standard InChI is InChI=1S/C22H32O4/c1-13(2)16-11-15-7-8-19-21(4,9-6-10-22(19,5)20(24)25)17(15)12-18(16)26-14(3)23/h7,11,13,17-19H,6,8-10,12H2,1-5H3,(H,24,25). The molecule has 3 aliphatic carbocycles. The lowest BCUT2D eigenvalue weighted by Gasteiger charge is -2.57. The molecule has 144 valence electrons. The van der Waals surface area contributed by atoms with Gasteiger partial charge >= 0.3 is 11.9 Å². The second-order valence-electron chi connectivity index (χ2n) is 9.26. The highest BCUT2D eigenvalue weighted by Crippen LogP contribution is 2.62. The van der Waals surface area contributed by atoms with E-state index in [1.165, 1.54) is 18.1 Å². The number of rotatable bonds is 3. The summed E-state index contributed by atoms with van der Waals surface area (Å²) in [5.41, 5.74) is 1.77. The predicted molar refractivity (Wildman–Crippen MR) is 100 cm³/mol. The summed E-state index contributed by atoms with van der Waals surface area (Å²) in [6.07, 6.45) is 8.64. The maximum absolute atomic E-state index is 12.1. The zero-order valence-corrected chi connectivity index (χ0v) is 16.7. The second kappa shape index (κ2) is 6.54. The van der Waals surface area contributed by atoms with E-state index in [0.29, 0.717) is 5.92 Å². The van der Waals surface area contributed by atoms with Crippen LogP contribution in [0, 0.1) is 28.6 Å². The third kappa shape index (κ3) is 2.91. The Morgan fingerprint density at radius 2 is 1.96 bits per heavy atom. The van der Waals surface area contributed by atoms with Gasteiger partial charge in [0.25, 0.3) is 0 Å². The highest BCUT2D eigenvalue weighted by atomic mass is 16.5. The van der Waals surface area contributed by atoms with Crippen LogP contribution in [-0.4, -0.2) is 23.1 Å². The number of carbonyl (C=O) groups excluding carboxylic acids is 1. The summed E-state index contributed by atoms with van der Waals surface area (Å²) >= 11 is 0. The zero-order valence-electron chi connectivity index (χ0n) is 16.7. The Morgan fingerprint density at radius 3 is 2.54 bits per heavy atom. The molecule has 0 aromatic carbocycles. The number of carbonyl (C=O) groups is 2. The summed E-state index contributed by atoms with van der Waals surface area (Å²) in [5, 5.41) is 9.93. The normalized spacial score (nSPS) is 39.4. The lowest BCUT2D eigenvalue weighted by Crippen LogP contribution is -2.54. The largest absolute Gasteiger partial charge is 0.481 e. The summed E-state index contributed by atoms with van der Waals surface area (Å²) in [5.74, 6) is -0.210. The van der Waals surface area contributed by atoms with Crippen molar-refractivity contribution in [1.29, 1.82) is 0 Å². The van der Waals surface area contributed by atoms with Crippen molar-refractivity contribution in [3.8, 4) is 0 Å². The molecule has 1 fully saturated rings. The molecule has 0 radical (unpaired) electrons. The molecule has 0 saturated heterocycles. The molecular weight excluding hydrogens is 328 g/mol. The van der Waals surface area contributed by atoms with Crippen molar-refractivity contribution in [1.82, 2.24) is 0 Å². The third-order valence-corrected chi connectivity index (χ3v) is 7.38. The van der Waals surface area contributed by atoms with Gasteiger partial charge in [0, 0.05) is 6.92 Å². The topological polar surface area (TPSA) is 63.6 Å². The van der Waals surface area contributed by atoms with Crippen LogP contribution in [0.4, 0.5) is 0 Å². The number of esters is 1. The molecule has 0 aromatic heterocycles. The number of hydrogen-bond acceptors (Lipinski definition) is 3. The Morgan fingerprint density at radius 1 is 1.27 bits per heavy atom. The van der Waals surface area contributed by atoms with E-state index in [-0.39, 0.29) is 29.3 Å². The van der Waals surface area contributed by atoms with Gasteiger partial charge in [0.05, 0.1) is 5.41 Å². The third-order valence-electron chi connectivity index (χ3n) is 7.38. The smallest absolute Gasteiger partial charge is 0.309 e. The fraction of sp³-hybridized carbons (Fsp3) is 0.727. The first kappa shape index (κ1) is 19.2. The minimum absolute atomic E-state index is 0.0626. The monoisotopic (exact) mass is 360 g/mol. The van der Waals surface area contributed by atoms with Crippen LogP contribution < -0.4 is 0 Å². The van der Waals surface area contributed by atoms with Crippen LogP contribution in [0.15, 0.2) is 23.3 Å². The molecule has 1 saturated carbocycles. The van der Waals surface area contributed by atoms with Crippen molar-refractivity contribution < 1.29 is 19.4 Å². The lowest BCUT2D eigenvalue weighted by atomic mass is 9.46. The van der Waals surface area contributed by atoms with Gasteiger partial charge in [-0.1, -0.05) is 39.3 Å². The van der Waals surface area contributed by atoms with Gasteiger partial charge < -0.3 is 9.84 Å². The number of carboxylic acids is 1. The van der Waals surface area contributed by atoms with Crippen LogP contribution in [0.3, 0.4) is 0 Å². The molecule has 0 amide bonds. The Bertz CT molecular complexity index is 674. The van der Waals surface area contributed by atoms with Gasteiger partial charge in [-0.15, -0.1) is 0 Å². The van der Waals surface area contributed by atoms with Gasteiger partial charge in [0.2, 0.25) is 0 Å². The van der Waals surface area contributed by atoms with Crippen molar-refractivity contribution in [2.24, 2.45) is 28.6 Å². The SMILES string of the molecule is CC(=O)OC1CC2C(=CCC3C(C)(C(=O)O)CCCC23C)C=C1C(C)C. The summed E-state index contributed by atoms with van der Waals surface area (Å²) in [4.78, 5) is 23.7. The average molecular weight is 360 g/mol. The molecule has 3 rings (SSSR count). The first-order valence-electron chi connectivity index (χ1n) is 9.91. The van der Waals surface area contributed by atoms with E-state index in [4.69, 9.17) is 4.74 Å². The molecule has 4 nitrogen and oxygen atoms in total. The van der Waals surface area contributed by atoms with Gasteiger partial charge in [0.15, 0.2) is 0 Å². The number of carboxylic acid groups (broad SMARTS) is 1. The van der Waals surface area contributed by atoms with E-state index in [2.05, 4.69) is 32.9 Å². The lowest BCUT2D eigenvalue weighted by molar-refractivity contribution is -0.163. The van der Waals surface area contributed by atoms with Gasteiger partial charge in [-0.2, -0.15) is 0 Å². The molecule has 5 unspecified atom stereocenters. The number of allylic oxidation sites excluding steroid dienone is 3. The fourth-order valence-electron chi connectivity index (χ4n) is 5.95. The average Bonchev–Trinajstić information content (AvgIpc) is 2.53. The summed E-state index contributed by atoms with van der Waals surface area (Å²) in [6, 6.07) is 0. The highest BCUT2D eigenvalue weighted by Gasteiger charge is 2.58. The fourth-order valence-corrected chi connectivity index (χ4v) is 5.95. The van der Waals surface area contributed by atoms with Crippen LogP contribution in [0.1, 0.15) is 66.7 Å². The first-order valence-corrected chi connectivity index (χ1v) is 9.91. The van der Waals surface area contributed by atoms with Crippen molar-refractivity contribution in [3.63, 3.8) is 0 Å². The molecule has 4 heteroatoms. The molecule has 26 heavy (non-hydrogen) atoms. The molecule has 3 aliphatic rings. The van der Waals surface area contributed by atoms with Crippen LogP contribution in [0.2, 0.25) is 0 Å². The van der Waals surface area contributed by atoms with E-state index < -0.39 is 11.4 Å². The summed E-state index contributed by atoms with van der Waals surface area (Å²) in [7, 11) is 0. The van der Waals surface area contributed by atoms with E-state index in [9.17, 15) is 14.7 Å². The maximum Gasteiger partial charge on any atom is 0.309 e. The molecule has 5 atom stereocenters. The van der Waals surface area contributed by atoms with Crippen LogP contribution in [0.5, 0.6) is 0 Å². The Kier molecular flexibility index (Phi) is 4.83. The molecule has 1 N–H and O–H groups in total. The number of fused-ring (bicyclic) bond motifs is 3. The number of ether oxygens (including phenoxy) is 1. The minimum atomic E-state index is -0.673. The Hall–Kier alpha value is -1.58. The van der Waals surface area contributed by atoms with E-state index in [1.54, 1.807) is 0 Å². The van der Waals surface area contributed by atoms with Crippen LogP contribution >= 0.6 is 0 Å². The molecule has 0 heterocycles. The van der Waals surface area contributed by atoms with Gasteiger partial charge in [-0.3, -0.25) is 9.59 Å².